The summed E-state index contributed by atoms with van der Waals surface area (Å²) in [6.07, 6.45) is 0.362. The maximum Gasteiger partial charge on any atom is 0.305 e. The second-order valence-electron chi connectivity index (χ2n) is 6.33. The van der Waals surface area contributed by atoms with Gasteiger partial charge in [-0.1, -0.05) is 6.07 Å². The van der Waals surface area contributed by atoms with Gasteiger partial charge in [0, 0.05) is 17.5 Å². The van der Waals surface area contributed by atoms with Crippen molar-refractivity contribution in [2.45, 2.75) is 32.2 Å². The van der Waals surface area contributed by atoms with Crippen molar-refractivity contribution in [3.63, 3.8) is 0 Å². The molecular weight excluding hydrogens is 296 g/mol. The first kappa shape index (κ1) is 15.6. The molecule has 6 nitrogen and oxygen atoms in total. The van der Waals surface area contributed by atoms with Gasteiger partial charge in [-0.25, -0.2) is 0 Å². The summed E-state index contributed by atoms with van der Waals surface area (Å²) >= 11 is 0. The van der Waals surface area contributed by atoms with E-state index >= 15 is 0 Å². The molecule has 3 rings (SSSR count). The number of benzene rings is 1. The number of aromatic nitrogens is 1. The number of carbonyl (C=O) groups excluding carboxylic acids is 1. The standard InChI is InChI=1S/C17H20N2O4/c1-10-5-11(2)12-7-14(18-13(12)6-10)16(22)19-17(8-15(20)21)3-4-23-9-17/h5-7,18H,3-4,8-9H2,1-2H3,(H,19,22)(H,20,21). The Morgan fingerprint density at radius 2 is 2.13 bits per heavy atom. The fourth-order valence-corrected chi connectivity index (χ4v) is 3.21. The molecule has 0 bridgehead atoms. The molecule has 1 unspecified atom stereocenters. The molecule has 2 heterocycles. The van der Waals surface area contributed by atoms with Crippen LogP contribution in [0.3, 0.4) is 0 Å². The summed E-state index contributed by atoms with van der Waals surface area (Å²) < 4.78 is 5.30. The fraction of sp³-hybridized carbons (Fsp3) is 0.412. The molecular formula is C17H20N2O4. The Bertz CT molecular complexity index is 772. The number of aromatic amines is 1. The lowest BCUT2D eigenvalue weighted by Gasteiger charge is -2.26. The highest BCUT2D eigenvalue weighted by Crippen LogP contribution is 2.25. The zero-order valence-corrected chi connectivity index (χ0v) is 13.2. The van der Waals surface area contributed by atoms with Crippen LogP contribution in [-0.2, 0) is 9.53 Å². The number of aryl methyl sites for hydroxylation is 2. The summed E-state index contributed by atoms with van der Waals surface area (Å²) in [5.41, 5.74) is 2.73. The molecule has 122 valence electrons. The van der Waals surface area contributed by atoms with Crippen LogP contribution in [0.1, 0.15) is 34.5 Å². The minimum atomic E-state index is -0.945. The van der Waals surface area contributed by atoms with Gasteiger partial charge in [-0.15, -0.1) is 0 Å². The first-order chi connectivity index (χ1) is 10.9. The molecule has 1 amide bonds. The molecule has 1 aromatic heterocycles. The molecule has 0 radical (unpaired) electrons. The molecule has 2 aromatic rings. The van der Waals surface area contributed by atoms with Crippen molar-refractivity contribution in [1.29, 1.82) is 0 Å². The number of H-pyrrole nitrogens is 1. The van der Waals surface area contributed by atoms with E-state index in [2.05, 4.69) is 16.4 Å². The molecule has 1 fully saturated rings. The highest BCUT2D eigenvalue weighted by atomic mass is 16.5. The van der Waals surface area contributed by atoms with Crippen molar-refractivity contribution < 1.29 is 19.4 Å². The third-order valence-corrected chi connectivity index (χ3v) is 4.31. The van der Waals surface area contributed by atoms with E-state index in [4.69, 9.17) is 9.84 Å². The van der Waals surface area contributed by atoms with E-state index < -0.39 is 11.5 Å². The van der Waals surface area contributed by atoms with Gasteiger partial charge in [-0.2, -0.15) is 0 Å². The smallest absolute Gasteiger partial charge is 0.305 e. The average Bonchev–Trinajstić information content (AvgIpc) is 3.05. The van der Waals surface area contributed by atoms with E-state index in [9.17, 15) is 9.59 Å². The Hall–Kier alpha value is -2.34. The summed E-state index contributed by atoms with van der Waals surface area (Å²) in [5, 5.41) is 12.9. The number of carboxylic acids is 1. The first-order valence-corrected chi connectivity index (χ1v) is 7.61. The molecule has 0 aliphatic carbocycles. The molecule has 0 saturated carbocycles. The molecule has 1 saturated heterocycles. The summed E-state index contributed by atoms with van der Waals surface area (Å²) in [7, 11) is 0. The third-order valence-electron chi connectivity index (χ3n) is 4.31. The normalized spacial score (nSPS) is 20.8. The quantitative estimate of drug-likeness (QED) is 0.806. The van der Waals surface area contributed by atoms with E-state index in [0.717, 1.165) is 22.0 Å². The predicted octanol–water partition coefficient (Wildman–Crippen LogP) is 2.15. The van der Waals surface area contributed by atoms with Crippen molar-refractivity contribution in [2.75, 3.05) is 13.2 Å². The van der Waals surface area contributed by atoms with Gasteiger partial charge in [0.25, 0.3) is 5.91 Å². The molecule has 1 aromatic carbocycles. The number of hydrogen-bond acceptors (Lipinski definition) is 3. The second kappa shape index (κ2) is 5.70. The molecule has 1 atom stereocenters. The van der Waals surface area contributed by atoms with Crippen LogP contribution in [0.2, 0.25) is 0 Å². The molecule has 3 N–H and O–H groups in total. The summed E-state index contributed by atoms with van der Waals surface area (Å²) in [5.74, 6) is -1.25. The number of hydrogen-bond donors (Lipinski definition) is 3. The Morgan fingerprint density at radius 1 is 1.35 bits per heavy atom. The largest absolute Gasteiger partial charge is 0.481 e. The van der Waals surface area contributed by atoms with E-state index in [0.29, 0.717) is 18.7 Å². The van der Waals surface area contributed by atoms with Crippen LogP contribution in [0.25, 0.3) is 10.9 Å². The van der Waals surface area contributed by atoms with Gasteiger partial charge in [-0.05, 0) is 43.5 Å². The van der Waals surface area contributed by atoms with E-state index in [-0.39, 0.29) is 18.9 Å². The number of carbonyl (C=O) groups is 2. The molecule has 23 heavy (non-hydrogen) atoms. The van der Waals surface area contributed by atoms with Crippen LogP contribution in [0.15, 0.2) is 18.2 Å². The van der Waals surface area contributed by atoms with E-state index in [1.807, 2.05) is 26.0 Å². The van der Waals surface area contributed by atoms with Gasteiger partial charge < -0.3 is 20.1 Å². The summed E-state index contributed by atoms with van der Waals surface area (Å²) in [4.78, 5) is 26.8. The lowest BCUT2D eigenvalue weighted by Crippen LogP contribution is -2.50. The first-order valence-electron chi connectivity index (χ1n) is 7.61. The van der Waals surface area contributed by atoms with Crippen molar-refractivity contribution in [2.24, 2.45) is 0 Å². The Kier molecular flexibility index (Phi) is 3.85. The Balaban J connectivity index is 1.88. The third kappa shape index (κ3) is 3.07. The van der Waals surface area contributed by atoms with Crippen molar-refractivity contribution in [3.8, 4) is 0 Å². The molecule has 1 aliphatic rings. The number of carboxylic acid groups (broad SMARTS) is 1. The summed E-state index contributed by atoms with van der Waals surface area (Å²) in [6, 6.07) is 5.86. The predicted molar refractivity (Wildman–Crippen MR) is 85.7 cm³/mol. The number of ether oxygens (including phenoxy) is 1. The van der Waals surface area contributed by atoms with E-state index in [1.54, 1.807) is 0 Å². The average molecular weight is 316 g/mol. The zero-order chi connectivity index (χ0) is 16.6. The topological polar surface area (TPSA) is 91.4 Å². The number of nitrogens with one attached hydrogen (secondary N) is 2. The summed E-state index contributed by atoms with van der Waals surface area (Å²) in [6.45, 7) is 4.69. The lowest BCUT2D eigenvalue weighted by atomic mass is 9.94. The number of aliphatic carboxylic acids is 1. The van der Waals surface area contributed by atoms with E-state index in [1.165, 1.54) is 0 Å². The maximum atomic E-state index is 12.6. The molecule has 1 aliphatic heterocycles. The van der Waals surface area contributed by atoms with Gasteiger partial charge in [0.15, 0.2) is 0 Å². The highest BCUT2D eigenvalue weighted by molar-refractivity contribution is 5.99. The Morgan fingerprint density at radius 3 is 2.78 bits per heavy atom. The van der Waals surface area contributed by atoms with Crippen LogP contribution in [0.4, 0.5) is 0 Å². The Labute approximate surface area is 133 Å². The van der Waals surface area contributed by atoms with Crippen LogP contribution in [0, 0.1) is 13.8 Å². The van der Waals surface area contributed by atoms with Crippen LogP contribution in [-0.4, -0.2) is 40.7 Å². The zero-order valence-electron chi connectivity index (χ0n) is 13.2. The highest BCUT2D eigenvalue weighted by Gasteiger charge is 2.39. The number of rotatable bonds is 4. The fourth-order valence-electron chi connectivity index (χ4n) is 3.21. The second-order valence-corrected chi connectivity index (χ2v) is 6.33. The lowest BCUT2D eigenvalue weighted by molar-refractivity contribution is -0.138. The van der Waals surface area contributed by atoms with Crippen molar-refractivity contribution >= 4 is 22.8 Å². The number of amides is 1. The van der Waals surface area contributed by atoms with Gasteiger partial charge >= 0.3 is 5.97 Å². The minimum Gasteiger partial charge on any atom is -0.481 e. The van der Waals surface area contributed by atoms with Crippen LogP contribution < -0.4 is 5.32 Å². The van der Waals surface area contributed by atoms with Crippen molar-refractivity contribution in [3.05, 3.63) is 35.0 Å². The molecule has 0 spiro atoms. The van der Waals surface area contributed by atoms with Crippen LogP contribution >= 0.6 is 0 Å². The van der Waals surface area contributed by atoms with Gasteiger partial charge in [-0.3, -0.25) is 9.59 Å². The van der Waals surface area contributed by atoms with Crippen LogP contribution in [0.5, 0.6) is 0 Å². The molecule has 6 heteroatoms. The van der Waals surface area contributed by atoms with Gasteiger partial charge in [0.05, 0.1) is 18.6 Å². The maximum absolute atomic E-state index is 12.6. The SMILES string of the molecule is Cc1cc(C)c2cc(C(=O)NC3(CC(=O)O)CCOC3)[nH]c2c1. The van der Waals surface area contributed by atoms with Gasteiger partial charge in [0.1, 0.15) is 5.69 Å². The minimum absolute atomic E-state index is 0.142. The number of fused-ring (bicyclic) bond motifs is 1. The van der Waals surface area contributed by atoms with Crippen molar-refractivity contribution in [1.82, 2.24) is 10.3 Å². The monoisotopic (exact) mass is 316 g/mol. The van der Waals surface area contributed by atoms with Gasteiger partial charge in [0.2, 0.25) is 0 Å².